The van der Waals surface area contributed by atoms with Crippen LogP contribution in [-0.2, 0) is 5.41 Å². The second kappa shape index (κ2) is 7.06. The first-order chi connectivity index (χ1) is 13.4. The van der Waals surface area contributed by atoms with Gasteiger partial charge in [-0.25, -0.2) is 4.98 Å². The van der Waals surface area contributed by atoms with Crippen LogP contribution >= 0.6 is 0 Å². The largest absolute Gasteiger partial charge is 0.334 e. The number of imidazole rings is 1. The summed E-state index contributed by atoms with van der Waals surface area (Å²) in [7, 11) is 2.13. The van der Waals surface area contributed by atoms with Crippen molar-refractivity contribution in [3.8, 4) is 0 Å². The van der Waals surface area contributed by atoms with Crippen LogP contribution in [0.15, 0.2) is 54.7 Å². The quantitative estimate of drug-likeness (QED) is 0.684. The molecule has 1 saturated heterocycles. The van der Waals surface area contributed by atoms with Crippen molar-refractivity contribution in [3.05, 3.63) is 71.8 Å². The van der Waals surface area contributed by atoms with Crippen LogP contribution in [0.4, 0.5) is 0 Å². The van der Waals surface area contributed by atoms with Crippen molar-refractivity contribution in [2.24, 2.45) is 0 Å². The normalized spacial score (nSPS) is 18.6. The van der Waals surface area contributed by atoms with Crippen molar-refractivity contribution >= 4 is 11.4 Å². The van der Waals surface area contributed by atoms with Gasteiger partial charge in [0.15, 0.2) is 5.69 Å². The Labute approximate surface area is 166 Å². The molecular formula is C23H28N4O. The van der Waals surface area contributed by atoms with E-state index in [1.807, 2.05) is 35.4 Å². The predicted octanol–water partition coefficient (Wildman–Crippen LogP) is 3.76. The van der Waals surface area contributed by atoms with Gasteiger partial charge in [-0.15, -0.1) is 0 Å². The monoisotopic (exact) mass is 376 g/mol. The van der Waals surface area contributed by atoms with Crippen molar-refractivity contribution < 1.29 is 4.79 Å². The van der Waals surface area contributed by atoms with Gasteiger partial charge < -0.3 is 9.30 Å². The van der Waals surface area contributed by atoms with Crippen LogP contribution in [0.3, 0.4) is 0 Å². The summed E-state index contributed by atoms with van der Waals surface area (Å²) in [5.41, 5.74) is 2.54. The summed E-state index contributed by atoms with van der Waals surface area (Å²) in [5.74, 6) is 0.938. The Balaban J connectivity index is 1.68. The number of likely N-dealkylation sites (N-methyl/N-ethyl adjacent to an activating group) is 1. The van der Waals surface area contributed by atoms with Crippen molar-refractivity contribution in [1.82, 2.24) is 19.2 Å². The molecule has 3 aromatic rings. The van der Waals surface area contributed by atoms with Gasteiger partial charge in [0.05, 0.1) is 11.6 Å². The molecule has 146 valence electrons. The molecule has 1 aromatic carbocycles. The molecule has 0 aliphatic carbocycles. The first-order valence-corrected chi connectivity index (χ1v) is 9.88. The van der Waals surface area contributed by atoms with Gasteiger partial charge in [-0.1, -0.05) is 57.2 Å². The third-order valence-electron chi connectivity index (χ3n) is 5.54. The number of nitrogens with zero attached hydrogens (tertiary/aromatic N) is 4. The maximum absolute atomic E-state index is 13.5. The van der Waals surface area contributed by atoms with Crippen LogP contribution in [0.25, 0.3) is 5.52 Å². The van der Waals surface area contributed by atoms with Gasteiger partial charge in [-0.05, 0) is 24.7 Å². The molecule has 5 heteroatoms. The third-order valence-corrected chi connectivity index (χ3v) is 5.54. The maximum Gasteiger partial charge on any atom is 0.274 e. The Bertz CT molecular complexity index is 987. The molecule has 0 radical (unpaired) electrons. The fourth-order valence-electron chi connectivity index (χ4n) is 3.97. The lowest BCUT2D eigenvalue weighted by Crippen LogP contribution is -2.49. The number of benzene rings is 1. The number of rotatable bonds is 2. The van der Waals surface area contributed by atoms with E-state index in [0.29, 0.717) is 12.2 Å². The van der Waals surface area contributed by atoms with E-state index < -0.39 is 0 Å². The SMILES string of the molecule is CN1CCN(C(=O)c2nc(C(C)(C)C)n3ccccc23)CC1c1ccccc1. The molecule has 1 unspecified atom stereocenters. The lowest BCUT2D eigenvalue weighted by Gasteiger charge is -2.39. The lowest BCUT2D eigenvalue weighted by molar-refractivity contribution is 0.0543. The molecule has 0 spiro atoms. The van der Waals surface area contributed by atoms with E-state index >= 15 is 0 Å². The van der Waals surface area contributed by atoms with Crippen LogP contribution < -0.4 is 0 Å². The second-order valence-electron chi connectivity index (χ2n) is 8.65. The summed E-state index contributed by atoms with van der Waals surface area (Å²) in [6.07, 6.45) is 2.00. The Hall–Kier alpha value is -2.66. The molecule has 3 heterocycles. The Morgan fingerprint density at radius 2 is 1.75 bits per heavy atom. The molecule has 1 amide bonds. The van der Waals surface area contributed by atoms with E-state index in [2.05, 4.69) is 61.4 Å². The Morgan fingerprint density at radius 1 is 1.04 bits per heavy atom. The topological polar surface area (TPSA) is 40.8 Å². The maximum atomic E-state index is 13.5. The first kappa shape index (κ1) is 18.7. The summed E-state index contributed by atoms with van der Waals surface area (Å²) in [6, 6.07) is 16.6. The van der Waals surface area contributed by atoms with Crippen LogP contribution in [0.5, 0.6) is 0 Å². The van der Waals surface area contributed by atoms with Crippen LogP contribution in [-0.4, -0.2) is 51.8 Å². The molecule has 0 bridgehead atoms. The van der Waals surface area contributed by atoms with Crippen molar-refractivity contribution in [1.29, 1.82) is 0 Å². The molecule has 1 atom stereocenters. The molecule has 0 saturated carbocycles. The Morgan fingerprint density at radius 3 is 2.46 bits per heavy atom. The van der Waals surface area contributed by atoms with E-state index in [1.54, 1.807) is 0 Å². The highest BCUT2D eigenvalue weighted by Crippen LogP contribution is 2.28. The fourth-order valence-corrected chi connectivity index (χ4v) is 3.97. The molecule has 1 aliphatic rings. The molecule has 1 aliphatic heterocycles. The van der Waals surface area contributed by atoms with Gasteiger partial charge in [0, 0.05) is 31.2 Å². The van der Waals surface area contributed by atoms with Crippen LogP contribution in [0.2, 0.25) is 0 Å². The molecule has 1 fully saturated rings. The van der Waals surface area contributed by atoms with Crippen molar-refractivity contribution in [2.75, 3.05) is 26.7 Å². The predicted molar refractivity (Wildman–Crippen MR) is 112 cm³/mol. The minimum Gasteiger partial charge on any atom is -0.334 e. The smallest absolute Gasteiger partial charge is 0.274 e. The van der Waals surface area contributed by atoms with Gasteiger partial charge in [0.25, 0.3) is 5.91 Å². The lowest BCUT2D eigenvalue weighted by atomic mass is 9.96. The van der Waals surface area contributed by atoms with Gasteiger partial charge in [-0.3, -0.25) is 9.69 Å². The van der Waals surface area contributed by atoms with Crippen molar-refractivity contribution in [3.63, 3.8) is 0 Å². The zero-order valence-corrected chi connectivity index (χ0v) is 17.1. The van der Waals surface area contributed by atoms with Gasteiger partial charge in [0.2, 0.25) is 0 Å². The van der Waals surface area contributed by atoms with Gasteiger partial charge >= 0.3 is 0 Å². The summed E-state index contributed by atoms with van der Waals surface area (Å²) >= 11 is 0. The van der Waals surface area contributed by atoms with E-state index in [4.69, 9.17) is 4.98 Å². The Kier molecular flexibility index (Phi) is 4.71. The molecule has 0 N–H and O–H groups in total. The standard InChI is InChI=1S/C23H28N4O/c1-23(2,3)22-24-20(18-12-8-9-13-27(18)22)21(28)26-15-14-25(4)19(16-26)17-10-6-5-7-11-17/h5-13,19H,14-16H2,1-4H3. The molecule has 5 nitrogen and oxygen atoms in total. The zero-order valence-electron chi connectivity index (χ0n) is 17.1. The number of aromatic nitrogens is 2. The number of pyridine rings is 1. The fraction of sp³-hybridized carbons (Fsp3) is 0.391. The average molecular weight is 377 g/mol. The number of piperazine rings is 1. The van der Waals surface area contributed by atoms with Gasteiger partial charge in [0.1, 0.15) is 5.82 Å². The number of amides is 1. The first-order valence-electron chi connectivity index (χ1n) is 9.88. The summed E-state index contributed by atoms with van der Waals surface area (Å²) in [5, 5.41) is 0. The molecule has 2 aromatic heterocycles. The molecule has 4 rings (SSSR count). The highest BCUT2D eigenvalue weighted by molar-refractivity contribution is 5.99. The second-order valence-corrected chi connectivity index (χ2v) is 8.65. The number of fused-ring (bicyclic) bond motifs is 1. The average Bonchev–Trinajstić information content (AvgIpc) is 3.09. The van der Waals surface area contributed by atoms with Gasteiger partial charge in [-0.2, -0.15) is 0 Å². The van der Waals surface area contributed by atoms with Crippen LogP contribution in [0.1, 0.15) is 48.7 Å². The third kappa shape index (κ3) is 3.31. The minimum atomic E-state index is -0.141. The zero-order chi connectivity index (χ0) is 19.9. The van der Waals surface area contributed by atoms with Crippen molar-refractivity contribution in [2.45, 2.75) is 32.2 Å². The molecule has 28 heavy (non-hydrogen) atoms. The highest BCUT2D eigenvalue weighted by atomic mass is 16.2. The van der Waals surface area contributed by atoms with E-state index in [-0.39, 0.29) is 17.4 Å². The summed E-state index contributed by atoms with van der Waals surface area (Å²) < 4.78 is 2.05. The molecular weight excluding hydrogens is 348 g/mol. The van der Waals surface area contributed by atoms with Crippen LogP contribution in [0, 0.1) is 0 Å². The van der Waals surface area contributed by atoms with E-state index in [9.17, 15) is 4.79 Å². The highest BCUT2D eigenvalue weighted by Gasteiger charge is 2.32. The van der Waals surface area contributed by atoms with E-state index in [1.165, 1.54) is 5.56 Å². The number of hydrogen-bond donors (Lipinski definition) is 0. The number of carbonyl (C=O) groups is 1. The van der Waals surface area contributed by atoms with E-state index in [0.717, 1.165) is 24.4 Å². The number of carbonyl (C=O) groups excluding carboxylic acids is 1. The summed E-state index contributed by atoms with van der Waals surface area (Å²) in [4.78, 5) is 22.6. The summed E-state index contributed by atoms with van der Waals surface area (Å²) in [6.45, 7) is 8.63. The number of hydrogen-bond acceptors (Lipinski definition) is 3. The minimum absolute atomic E-state index is 0.0215.